The molecule has 4 heteroatoms. The summed E-state index contributed by atoms with van der Waals surface area (Å²) in [6.07, 6.45) is 1.25. The first kappa shape index (κ1) is 14.9. The van der Waals surface area contributed by atoms with E-state index in [4.69, 9.17) is 0 Å². The van der Waals surface area contributed by atoms with Crippen LogP contribution >= 0.6 is 0 Å². The fraction of sp³-hybridized carbons (Fsp3) is 0.833. The minimum absolute atomic E-state index is 0.0954. The van der Waals surface area contributed by atoms with Crippen molar-refractivity contribution in [3.8, 4) is 0 Å². The number of carbonyl (C=O) groups excluding carboxylic acids is 2. The number of hydrogen-bond acceptors (Lipinski definition) is 2. The van der Waals surface area contributed by atoms with E-state index < -0.39 is 6.04 Å². The van der Waals surface area contributed by atoms with Crippen LogP contribution in [0.1, 0.15) is 41.0 Å². The van der Waals surface area contributed by atoms with E-state index in [0.29, 0.717) is 24.7 Å². The highest BCUT2D eigenvalue weighted by atomic mass is 16.2. The molecular weight excluding hydrogens is 204 g/mol. The van der Waals surface area contributed by atoms with Crippen LogP contribution < -0.4 is 10.6 Å². The van der Waals surface area contributed by atoms with Crippen LogP contribution in [0.25, 0.3) is 0 Å². The van der Waals surface area contributed by atoms with Gasteiger partial charge in [-0.15, -0.1) is 0 Å². The molecule has 2 amide bonds. The normalized spacial score (nSPS) is 14.7. The largest absolute Gasteiger partial charge is 0.352 e. The van der Waals surface area contributed by atoms with Gasteiger partial charge in [-0.1, -0.05) is 27.7 Å². The highest BCUT2D eigenvalue weighted by Crippen LogP contribution is 2.06. The summed E-state index contributed by atoms with van der Waals surface area (Å²) in [7, 11) is 0. The van der Waals surface area contributed by atoms with E-state index >= 15 is 0 Å². The Morgan fingerprint density at radius 1 is 1.19 bits per heavy atom. The van der Waals surface area contributed by atoms with Gasteiger partial charge in [0.25, 0.3) is 0 Å². The number of nitrogens with one attached hydrogen (secondary N) is 2. The molecular formula is C12H24N2O2. The first-order chi connectivity index (χ1) is 7.38. The van der Waals surface area contributed by atoms with Crippen LogP contribution in [0.5, 0.6) is 0 Å². The quantitative estimate of drug-likeness (QED) is 0.645. The third-order valence-corrected chi connectivity index (χ3v) is 2.66. The monoisotopic (exact) mass is 228 g/mol. The second kappa shape index (κ2) is 7.25. The summed E-state index contributed by atoms with van der Waals surface area (Å²) in [6, 6.07) is -0.297. The zero-order valence-electron chi connectivity index (χ0n) is 10.9. The SMILES string of the molecule is CC(C)CC(NC=O)C(=O)NC(C)C(C)C. The number of rotatable bonds is 7. The first-order valence-corrected chi connectivity index (χ1v) is 5.88. The van der Waals surface area contributed by atoms with Crippen molar-refractivity contribution < 1.29 is 9.59 Å². The van der Waals surface area contributed by atoms with E-state index in [-0.39, 0.29) is 11.9 Å². The molecule has 0 aliphatic rings. The Bertz CT molecular complexity index is 227. The Labute approximate surface area is 98.2 Å². The minimum atomic E-state index is -0.418. The zero-order chi connectivity index (χ0) is 12.7. The molecule has 0 rings (SSSR count). The van der Waals surface area contributed by atoms with E-state index in [1.54, 1.807) is 0 Å². The van der Waals surface area contributed by atoms with E-state index in [1.807, 2.05) is 20.8 Å². The number of hydrogen-bond donors (Lipinski definition) is 2. The van der Waals surface area contributed by atoms with Crippen LogP contribution in [0.2, 0.25) is 0 Å². The van der Waals surface area contributed by atoms with Crippen molar-refractivity contribution in [3.63, 3.8) is 0 Å². The highest BCUT2D eigenvalue weighted by Gasteiger charge is 2.21. The maximum atomic E-state index is 11.9. The van der Waals surface area contributed by atoms with Gasteiger partial charge in [-0.2, -0.15) is 0 Å². The summed E-state index contributed by atoms with van der Waals surface area (Å²) in [5, 5.41) is 5.47. The first-order valence-electron chi connectivity index (χ1n) is 5.88. The van der Waals surface area contributed by atoms with Crippen LogP contribution in [0.4, 0.5) is 0 Å². The fourth-order valence-electron chi connectivity index (χ4n) is 1.30. The van der Waals surface area contributed by atoms with E-state index in [0.717, 1.165) is 0 Å². The van der Waals surface area contributed by atoms with Crippen LogP contribution in [0.15, 0.2) is 0 Å². The molecule has 0 bridgehead atoms. The van der Waals surface area contributed by atoms with Gasteiger partial charge in [0, 0.05) is 6.04 Å². The third-order valence-electron chi connectivity index (χ3n) is 2.66. The van der Waals surface area contributed by atoms with E-state index in [1.165, 1.54) is 0 Å². The standard InChI is InChI=1S/C12H24N2O2/c1-8(2)6-11(13-7-15)12(16)14-10(5)9(3)4/h7-11H,6H2,1-5H3,(H,13,15)(H,14,16). The van der Waals surface area contributed by atoms with Gasteiger partial charge in [0.05, 0.1) is 0 Å². The lowest BCUT2D eigenvalue weighted by molar-refractivity contribution is -0.126. The predicted octanol–water partition coefficient (Wildman–Crippen LogP) is 1.31. The lowest BCUT2D eigenvalue weighted by Crippen LogP contribution is -2.48. The minimum Gasteiger partial charge on any atom is -0.352 e. The lowest BCUT2D eigenvalue weighted by Gasteiger charge is -2.23. The third kappa shape index (κ3) is 5.73. The second-order valence-corrected chi connectivity index (χ2v) is 5.01. The van der Waals surface area contributed by atoms with Crippen LogP contribution in [0.3, 0.4) is 0 Å². The van der Waals surface area contributed by atoms with Crippen molar-refractivity contribution in [2.45, 2.75) is 53.1 Å². The van der Waals surface area contributed by atoms with Gasteiger partial charge in [-0.25, -0.2) is 0 Å². The van der Waals surface area contributed by atoms with Crippen molar-refractivity contribution in [1.29, 1.82) is 0 Å². The van der Waals surface area contributed by atoms with Gasteiger partial charge >= 0.3 is 0 Å². The summed E-state index contributed by atoms with van der Waals surface area (Å²) in [4.78, 5) is 22.3. The molecule has 0 fully saturated rings. The molecule has 2 atom stereocenters. The molecule has 0 saturated carbocycles. The molecule has 2 N–H and O–H groups in total. The molecule has 0 aliphatic carbocycles. The predicted molar refractivity (Wildman–Crippen MR) is 64.9 cm³/mol. The van der Waals surface area contributed by atoms with Crippen molar-refractivity contribution in [2.75, 3.05) is 0 Å². The molecule has 4 nitrogen and oxygen atoms in total. The zero-order valence-corrected chi connectivity index (χ0v) is 10.9. The molecule has 0 aliphatic heterocycles. The van der Waals surface area contributed by atoms with Gasteiger partial charge in [-0.3, -0.25) is 9.59 Å². The van der Waals surface area contributed by atoms with Gasteiger partial charge < -0.3 is 10.6 Å². The molecule has 0 aromatic rings. The average molecular weight is 228 g/mol. The average Bonchev–Trinajstić information content (AvgIpc) is 2.16. The summed E-state index contributed by atoms with van der Waals surface area (Å²) >= 11 is 0. The smallest absolute Gasteiger partial charge is 0.242 e. The van der Waals surface area contributed by atoms with Crippen molar-refractivity contribution in [3.05, 3.63) is 0 Å². The Hall–Kier alpha value is -1.06. The Balaban J connectivity index is 4.31. The molecule has 0 aromatic heterocycles. The molecule has 0 radical (unpaired) electrons. The fourth-order valence-corrected chi connectivity index (χ4v) is 1.30. The molecule has 0 saturated heterocycles. The van der Waals surface area contributed by atoms with Crippen molar-refractivity contribution in [1.82, 2.24) is 10.6 Å². The summed E-state index contributed by atoms with van der Waals surface area (Å²) < 4.78 is 0. The lowest BCUT2D eigenvalue weighted by atomic mass is 10.0. The molecule has 0 heterocycles. The van der Waals surface area contributed by atoms with Gasteiger partial charge in [0.2, 0.25) is 12.3 Å². The van der Waals surface area contributed by atoms with Crippen LogP contribution in [-0.4, -0.2) is 24.4 Å². The Morgan fingerprint density at radius 3 is 2.12 bits per heavy atom. The van der Waals surface area contributed by atoms with E-state index in [9.17, 15) is 9.59 Å². The molecule has 94 valence electrons. The van der Waals surface area contributed by atoms with Gasteiger partial charge in [0.15, 0.2) is 0 Å². The maximum Gasteiger partial charge on any atom is 0.242 e. The van der Waals surface area contributed by atoms with Gasteiger partial charge in [0.1, 0.15) is 6.04 Å². The van der Waals surface area contributed by atoms with Crippen molar-refractivity contribution >= 4 is 12.3 Å². The number of amides is 2. The molecule has 0 aromatic carbocycles. The second-order valence-electron chi connectivity index (χ2n) is 5.01. The molecule has 16 heavy (non-hydrogen) atoms. The van der Waals surface area contributed by atoms with Crippen molar-refractivity contribution in [2.24, 2.45) is 11.8 Å². The van der Waals surface area contributed by atoms with Gasteiger partial charge in [-0.05, 0) is 25.2 Å². The van der Waals surface area contributed by atoms with Crippen LogP contribution in [0, 0.1) is 11.8 Å². The van der Waals surface area contributed by atoms with Crippen LogP contribution in [-0.2, 0) is 9.59 Å². The summed E-state index contributed by atoms with van der Waals surface area (Å²) in [6.45, 7) is 10.1. The Morgan fingerprint density at radius 2 is 1.75 bits per heavy atom. The maximum absolute atomic E-state index is 11.9. The molecule has 2 unspecified atom stereocenters. The topological polar surface area (TPSA) is 58.2 Å². The van der Waals surface area contributed by atoms with E-state index in [2.05, 4.69) is 24.5 Å². The molecule has 0 spiro atoms. The summed E-state index contributed by atoms with van der Waals surface area (Å²) in [5.74, 6) is 0.666. The number of carbonyl (C=O) groups is 2. The highest BCUT2D eigenvalue weighted by molar-refractivity contribution is 5.83. The summed E-state index contributed by atoms with van der Waals surface area (Å²) in [5.41, 5.74) is 0. The Kier molecular flexibility index (Phi) is 6.77.